The van der Waals surface area contributed by atoms with E-state index in [9.17, 15) is 4.39 Å². The van der Waals surface area contributed by atoms with Crippen molar-refractivity contribution in [3.8, 4) is 0 Å². The van der Waals surface area contributed by atoms with E-state index in [2.05, 4.69) is 31.1 Å². The Labute approximate surface area is 112 Å². The van der Waals surface area contributed by atoms with Crippen molar-refractivity contribution in [1.82, 2.24) is 9.88 Å². The molecule has 1 spiro atoms. The number of hydrogen-bond acceptors (Lipinski definition) is 3. The predicted octanol–water partition coefficient (Wildman–Crippen LogP) is 3.37. The fourth-order valence-corrected chi connectivity index (χ4v) is 4.13. The lowest BCUT2D eigenvalue weighted by molar-refractivity contribution is -0.106. The highest BCUT2D eigenvalue weighted by Crippen LogP contribution is 2.50. The molecular formula is C14H21FN2S. The summed E-state index contributed by atoms with van der Waals surface area (Å²) in [6.07, 6.45) is 1.04. The van der Waals surface area contributed by atoms with Crippen LogP contribution in [0.4, 0.5) is 4.39 Å². The standard InChI is InChI=1S/C14H21FN2S/c1-13(2,3)11-7-18-12(16-11)6-17-8-14(9-17)4-10(15)5-14/h7,10H,4-6,8-9H2,1-3H3. The van der Waals surface area contributed by atoms with Gasteiger partial charge in [0.1, 0.15) is 11.2 Å². The van der Waals surface area contributed by atoms with E-state index >= 15 is 0 Å². The minimum atomic E-state index is -0.528. The molecule has 1 saturated carbocycles. The van der Waals surface area contributed by atoms with Crippen molar-refractivity contribution >= 4 is 11.3 Å². The maximum atomic E-state index is 12.9. The lowest BCUT2D eigenvalue weighted by Crippen LogP contribution is -2.62. The second kappa shape index (κ2) is 4.01. The smallest absolute Gasteiger partial charge is 0.107 e. The maximum absolute atomic E-state index is 12.9. The number of aromatic nitrogens is 1. The summed E-state index contributed by atoms with van der Waals surface area (Å²) < 4.78 is 12.9. The van der Waals surface area contributed by atoms with Crippen LogP contribution in [0.5, 0.6) is 0 Å². The van der Waals surface area contributed by atoms with Crippen LogP contribution in [0.3, 0.4) is 0 Å². The number of halogens is 1. The number of alkyl halides is 1. The van der Waals surface area contributed by atoms with Crippen LogP contribution in [0.25, 0.3) is 0 Å². The summed E-state index contributed by atoms with van der Waals surface area (Å²) in [6.45, 7) is 9.66. The van der Waals surface area contributed by atoms with Crippen LogP contribution >= 0.6 is 11.3 Å². The molecule has 1 aromatic heterocycles. The summed E-state index contributed by atoms with van der Waals surface area (Å²) in [5.41, 5.74) is 1.66. The van der Waals surface area contributed by atoms with Crippen molar-refractivity contribution < 1.29 is 4.39 Å². The topological polar surface area (TPSA) is 16.1 Å². The molecule has 2 fully saturated rings. The van der Waals surface area contributed by atoms with E-state index in [4.69, 9.17) is 4.98 Å². The minimum Gasteiger partial charge on any atom is -0.295 e. The average molecular weight is 268 g/mol. The molecule has 2 heterocycles. The third-order valence-electron chi connectivity index (χ3n) is 4.11. The molecule has 100 valence electrons. The molecule has 0 bridgehead atoms. The highest BCUT2D eigenvalue weighted by molar-refractivity contribution is 7.09. The van der Waals surface area contributed by atoms with Crippen molar-refractivity contribution in [2.24, 2.45) is 5.41 Å². The van der Waals surface area contributed by atoms with E-state index in [0.717, 1.165) is 32.5 Å². The number of rotatable bonds is 2. The first-order chi connectivity index (χ1) is 8.36. The third kappa shape index (κ3) is 2.21. The van der Waals surface area contributed by atoms with E-state index in [-0.39, 0.29) is 5.41 Å². The first-order valence-corrected chi connectivity index (χ1v) is 7.56. The van der Waals surface area contributed by atoms with Crippen LogP contribution in [0.1, 0.15) is 44.3 Å². The van der Waals surface area contributed by atoms with Crippen LogP contribution < -0.4 is 0 Å². The van der Waals surface area contributed by atoms with Gasteiger partial charge in [0, 0.05) is 29.3 Å². The van der Waals surface area contributed by atoms with E-state index in [1.165, 1.54) is 10.7 Å². The molecule has 3 rings (SSSR count). The number of hydrogen-bond donors (Lipinski definition) is 0. The number of thiazole rings is 1. The van der Waals surface area contributed by atoms with E-state index in [1.54, 1.807) is 11.3 Å². The van der Waals surface area contributed by atoms with Crippen LogP contribution in [0.15, 0.2) is 5.38 Å². The van der Waals surface area contributed by atoms with E-state index in [1.807, 2.05) is 0 Å². The summed E-state index contributed by atoms with van der Waals surface area (Å²) >= 11 is 1.75. The zero-order valence-corrected chi connectivity index (χ0v) is 12.2. The Morgan fingerprint density at radius 1 is 1.44 bits per heavy atom. The third-order valence-corrected chi connectivity index (χ3v) is 4.94. The molecule has 0 radical (unpaired) electrons. The molecule has 0 aromatic carbocycles. The number of nitrogens with zero attached hydrogens (tertiary/aromatic N) is 2. The molecule has 4 heteroatoms. The first kappa shape index (κ1) is 12.5. The van der Waals surface area contributed by atoms with Gasteiger partial charge in [0.15, 0.2) is 0 Å². The highest BCUT2D eigenvalue weighted by atomic mass is 32.1. The summed E-state index contributed by atoms with van der Waals surface area (Å²) in [5.74, 6) is 0. The molecule has 1 saturated heterocycles. The zero-order chi connectivity index (χ0) is 13.0. The molecule has 2 aliphatic rings. The van der Waals surface area contributed by atoms with Gasteiger partial charge in [-0.05, 0) is 12.8 Å². The quantitative estimate of drug-likeness (QED) is 0.817. The Morgan fingerprint density at radius 3 is 2.61 bits per heavy atom. The Kier molecular flexibility index (Phi) is 2.79. The van der Waals surface area contributed by atoms with Crippen LogP contribution in [0, 0.1) is 5.41 Å². The molecule has 0 unspecified atom stereocenters. The van der Waals surface area contributed by atoms with Gasteiger partial charge in [-0.3, -0.25) is 4.90 Å². The van der Waals surface area contributed by atoms with Crippen LogP contribution in [-0.2, 0) is 12.0 Å². The lowest BCUT2D eigenvalue weighted by atomic mass is 9.62. The van der Waals surface area contributed by atoms with E-state index < -0.39 is 6.17 Å². The molecular weight excluding hydrogens is 247 g/mol. The van der Waals surface area contributed by atoms with Gasteiger partial charge >= 0.3 is 0 Å². The molecule has 1 aromatic rings. The fourth-order valence-electron chi connectivity index (χ4n) is 3.07. The number of likely N-dealkylation sites (tertiary alicyclic amines) is 1. The van der Waals surface area contributed by atoms with Gasteiger partial charge in [0.05, 0.1) is 12.2 Å². The Hall–Kier alpha value is -0.480. The Bertz CT molecular complexity index is 435. The van der Waals surface area contributed by atoms with Crippen molar-refractivity contribution in [3.63, 3.8) is 0 Å². The van der Waals surface area contributed by atoms with Crippen LogP contribution in [0.2, 0.25) is 0 Å². The van der Waals surface area contributed by atoms with Gasteiger partial charge in [0.2, 0.25) is 0 Å². The van der Waals surface area contributed by atoms with Crippen LogP contribution in [-0.4, -0.2) is 29.1 Å². The normalized spacial score (nSPS) is 24.0. The van der Waals surface area contributed by atoms with Gasteiger partial charge in [-0.25, -0.2) is 9.37 Å². The Morgan fingerprint density at radius 2 is 2.11 bits per heavy atom. The Balaban J connectivity index is 1.54. The average Bonchev–Trinajstić information content (AvgIpc) is 2.60. The largest absolute Gasteiger partial charge is 0.295 e. The summed E-state index contributed by atoms with van der Waals surface area (Å²) in [7, 11) is 0. The first-order valence-electron chi connectivity index (χ1n) is 6.68. The van der Waals surface area contributed by atoms with Crippen molar-refractivity contribution in [3.05, 3.63) is 16.1 Å². The van der Waals surface area contributed by atoms with Crippen molar-refractivity contribution in [2.75, 3.05) is 13.1 Å². The second-order valence-corrected chi connectivity index (χ2v) is 7.97. The molecule has 2 nitrogen and oxygen atoms in total. The molecule has 0 N–H and O–H groups in total. The fraction of sp³-hybridized carbons (Fsp3) is 0.786. The van der Waals surface area contributed by atoms with Gasteiger partial charge in [-0.2, -0.15) is 0 Å². The molecule has 1 aliphatic heterocycles. The summed E-state index contributed by atoms with van der Waals surface area (Å²) in [6, 6.07) is 0. The van der Waals surface area contributed by atoms with Gasteiger partial charge < -0.3 is 0 Å². The van der Waals surface area contributed by atoms with Crippen molar-refractivity contribution in [1.29, 1.82) is 0 Å². The second-order valence-electron chi connectivity index (χ2n) is 7.03. The molecule has 0 atom stereocenters. The van der Waals surface area contributed by atoms with Gasteiger partial charge in [-0.1, -0.05) is 20.8 Å². The monoisotopic (exact) mass is 268 g/mol. The van der Waals surface area contributed by atoms with Gasteiger partial charge in [-0.15, -0.1) is 11.3 Å². The SMILES string of the molecule is CC(C)(C)c1csc(CN2CC3(CC(F)C3)C2)n1. The van der Waals surface area contributed by atoms with Gasteiger partial charge in [0.25, 0.3) is 0 Å². The van der Waals surface area contributed by atoms with Crippen molar-refractivity contribution in [2.45, 2.75) is 51.7 Å². The maximum Gasteiger partial charge on any atom is 0.107 e. The minimum absolute atomic E-state index is 0.139. The summed E-state index contributed by atoms with van der Waals surface area (Å²) in [5, 5.41) is 3.37. The zero-order valence-electron chi connectivity index (χ0n) is 11.4. The molecule has 0 amide bonds. The molecule has 1 aliphatic carbocycles. The summed E-state index contributed by atoms with van der Waals surface area (Å²) in [4.78, 5) is 7.11. The van der Waals surface area contributed by atoms with E-state index in [0.29, 0.717) is 5.41 Å². The lowest BCUT2D eigenvalue weighted by Gasteiger charge is -2.57. The molecule has 18 heavy (non-hydrogen) atoms. The predicted molar refractivity (Wildman–Crippen MR) is 72.7 cm³/mol. The highest BCUT2D eigenvalue weighted by Gasteiger charge is 2.52.